The lowest BCUT2D eigenvalue weighted by Gasteiger charge is -2.30. The minimum Gasteiger partial charge on any atom is -0.476 e. The molecule has 2 heterocycles. The monoisotopic (exact) mass is 303 g/mol. The van der Waals surface area contributed by atoms with E-state index in [2.05, 4.69) is 10.5 Å². The molecule has 1 aromatic rings. The van der Waals surface area contributed by atoms with E-state index in [4.69, 9.17) is 9.63 Å². The number of carbonyl (C=O) groups is 1. The largest absolute Gasteiger partial charge is 0.476 e. The average Bonchev–Trinajstić information content (AvgIpc) is 2.85. The SMILES string of the molecule is CS(=O)(=O)N1CCC(NCc2cc(C(=O)O)no2)CC1. The fourth-order valence-corrected chi connectivity index (χ4v) is 3.01. The predicted octanol–water partition coefficient (Wildman–Crippen LogP) is -0.114. The Morgan fingerprint density at radius 2 is 2.20 bits per heavy atom. The van der Waals surface area contributed by atoms with E-state index in [-0.39, 0.29) is 11.7 Å². The van der Waals surface area contributed by atoms with Crippen LogP contribution in [0.5, 0.6) is 0 Å². The third kappa shape index (κ3) is 3.78. The van der Waals surface area contributed by atoms with Gasteiger partial charge in [-0.15, -0.1) is 0 Å². The number of nitrogens with zero attached hydrogens (tertiary/aromatic N) is 2. The maximum atomic E-state index is 11.4. The van der Waals surface area contributed by atoms with E-state index in [1.54, 1.807) is 0 Å². The first-order chi connectivity index (χ1) is 9.36. The van der Waals surface area contributed by atoms with Gasteiger partial charge in [0.2, 0.25) is 10.0 Å². The predicted molar refractivity (Wildman–Crippen MR) is 69.7 cm³/mol. The molecule has 0 amide bonds. The van der Waals surface area contributed by atoms with Gasteiger partial charge in [-0.3, -0.25) is 0 Å². The molecule has 0 radical (unpaired) electrons. The van der Waals surface area contributed by atoms with E-state index in [0.717, 1.165) is 0 Å². The van der Waals surface area contributed by atoms with Gasteiger partial charge in [0, 0.05) is 25.2 Å². The van der Waals surface area contributed by atoms with Crippen LogP contribution in [0.25, 0.3) is 0 Å². The van der Waals surface area contributed by atoms with Crippen molar-refractivity contribution in [3.63, 3.8) is 0 Å². The second kappa shape index (κ2) is 5.90. The van der Waals surface area contributed by atoms with E-state index >= 15 is 0 Å². The molecule has 0 unspecified atom stereocenters. The molecule has 9 heteroatoms. The fourth-order valence-electron chi connectivity index (χ4n) is 2.13. The van der Waals surface area contributed by atoms with Crippen LogP contribution in [0.1, 0.15) is 29.1 Å². The summed E-state index contributed by atoms with van der Waals surface area (Å²) in [7, 11) is -3.11. The summed E-state index contributed by atoms with van der Waals surface area (Å²) < 4.78 is 29.1. The van der Waals surface area contributed by atoms with Crippen molar-refractivity contribution in [3.8, 4) is 0 Å². The summed E-state index contributed by atoms with van der Waals surface area (Å²) in [5.41, 5.74) is -0.117. The van der Waals surface area contributed by atoms with Gasteiger partial charge >= 0.3 is 5.97 Å². The molecule has 1 fully saturated rings. The summed E-state index contributed by atoms with van der Waals surface area (Å²) in [6.45, 7) is 1.37. The molecule has 0 atom stereocenters. The third-order valence-corrected chi connectivity index (χ3v) is 4.57. The van der Waals surface area contributed by atoms with Gasteiger partial charge in [0.15, 0.2) is 11.5 Å². The first-order valence-electron chi connectivity index (χ1n) is 6.23. The second-order valence-corrected chi connectivity index (χ2v) is 6.78. The number of hydrogen-bond acceptors (Lipinski definition) is 6. The number of hydrogen-bond donors (Lipinski definition) is 2. The fraction of sp³-hybridized carbons (Fsp3) is 0.636. The van der Waals surface area contributed by atoms with Gasteiger partial charge in [0.05, 0.1) is 12.8 Å². The first kappa shape index (κ1) is 14.9. The van der Waals surface area contributed by atoms with Gasteiger partial charge < -0.3 is 14.9 Å². The Bertz CT molecular complexity index is 575. The molecule has 1 aromatic heterocycles. The van der Waals surface area contributed by atoms with Gasteiger partial charge in [-0.25, -0.2) is 17.5 Å². The molecule has 1 aliphatic heterocycles. The molecular weight excluding hydrogens is 286 g/mol. The van der Waals surface area contributed by atoms with E-state index in [0.29, 0.717) is 38.2 Å². The highest BCUT2D eigenvalue weighted by Gasteiger charge is 2.24. The minimum atomic E-state index is -3.11. The average molecular weight is 303 g/mol. The van der Waals surface area contributed by atoms with Crippen molar-refractivity contribution in [2.45, 2.75) is 25.4 Å². The van der Waals surface area contributed by atoms with Crippen LogP contribution >= 0.6 is 0 Å². The maximum Gasteiger partial charge on any atom is 0.358 e. The lowest BCUT2D eigenvalue weighted by molar-refractivity contribution is 0.0685. The lowest BCUT2D eigenvalue weighted by atomic mass is 10.1. The van der Waals surface area contributed by atoms with Gasteiger partial charge in [-0.1, -0.05) is 5.16 Å². The molecule has 2 N–H and O–H groups in total. The second-order valence-electron chi connectivity index (χ2n) is 4.80. The number of carboxylic acid groups (broad SMARTS) is 1. The Morgan fingerprint density at radius 3 is 2.70 bits per heavy atom. The van der Waals surface area contributed by atoms with Crippen molar-refractivity contribution >= 4 is 16.0 Å². The molecule has 1 aliphatic rings. The van der Waals surface area contributed by atoms with Crippen LogP contribution in [0, 0.1) is 0 Å². The van der Waals surface area contributed by atoms with Crippen LogP contribution in [0.3, 0.4) is 0 Å². The molecule has 0 aliphatic carbocycles. The zero-order valence-corrected chi connectivity index (χ0v) is 11.9. The summed E-state index contributed by atoms with van der Waals surface area (Å²) in [5.74, 6) is -0.672. The van der Waals surface area contributed by atoms with E-state index in [1.807, 2.05) is 0 Å². The van der Waals surface area contributed by atoms with E-state index < -0.39 is 16.0 Å². The third-order valence-electron chi connectivity index (χ3n) is 3.27. The lowest BCUT2D eigenvalue weighted by Crippen LogP contribution is -2.44. The highest BCUT2D eigenvalue weighted by Crippen LogP contribution is 2.14. The summed E-state index contributed by atoms with van der Waals surface area (Å²) >= 11 is 0. The van der Waals surface area contributed by atoms with Crippen LogP contribution in [0.4, 0.5) is 0 Å². The van der Waals surface area contributed by atoms with Crippen molar-refractivity contribution in [2.75, 3.05) is 19.3 Å². The molecule has 112 valence electrons. The smallest absolute Gasteiger partial charge is 0.358 e. The quantitative estimate of drug-likeness (QED) is 0.780. The molecule has 8 nitrogen and oxygen atoms in total. The number of piperidine rings is 1. The van der Waals surface area contributed by atoms with Crippen LogP contribution in [-0.2, 0) is 16.6 Å². The Labute approximate surface area is 116 Å². The molecule has 0 saturated carbocycles. The number of sulfonamides is 1. The summed E-state index contributed by atoms with van der Waals surface area (Å²) in [6.07, 6.45) is 2.64. The van der Waals surface area contributed by atoms with E-state index in [9.17, 15) is 13.2 Å². The number of rotatable bonds is 5. The topological polar surface area (TPSA) is 113 Å². The number of carboxylic acids is 1. The van der Waals surface area contributed by atoms with E-state index in [1.165, 1.54) is 16.6 Å². The molecule has 0 aromatic carbocycles. The van der Waals surface area contributed by atoms with Crippen molar-refractivity contribution in [3.05, 3.63) is 17.5 Å². The van der Waals surface area contributed by atoms with Crippen molar-refractivity contribution in [2.24, 2.45) is 0 Å². The minimum absolute atomic E-state index is 0.117. The highest BCUT2D eigenvalue weighted by molar-refractivity contribution is 7.88. The molecular formula is C11H17N3O5S. The number of aromatic carboxylic acids is 1. The molecule has 2 rings (SSSR count). The van der Waals surface area contributed by atoms with Gasteiger partial charge in [-0.2, -0.15) is 0 Å². The van der Waals surface area contributed by atoms with Crippen LogP contribution in [0.2, 0.25) is 0 Å². The van der Waals surface area contributed by atoms with Crippen LogP contribution in [-0.4, -0.2) is 54.3 Å². The summed E-state index contributed by atoms with van der Waals surface area (Å²) in [5, 5.41) is 15.4. The molecule has 20 heavy (non-hydrogen) atoms. The Balaban J connectivity index is 1.80. The Kier molecular flexibility index (Phi) is 4.41. The van der Waals surface area contributed by atoms with Crippen LogP contribution < -0.4 is 5.32 Å². The molecule has 0 bridgehead atoms. The highest BCUT2D eigenvalue weighted by atomic mass is 32.2. The van der Waals surface area contributed by atoms with Gasteiger partial charge in [-0.05, 0) is 12.8 Å². The Hall–Kier alpha value is -1.45. The Morgan fingerprint density at radius 1 is 1.55 bits per heavy atom. The summed E-state index contributed by atoms with van der Waals surface area (Å²) in [4.78, 5) is 10.6. The normalized spacial score (nSPS) is 18.2. The summed E-state index contributed by atoms with van der Waals surface area (Å²) in [6, 6.07) is 1.56. The van der Waals surface area contributed by atoms with Gasteiger partial charge in [0.25, 0.3) is 0 Å². The number of aromatic nitrogens is 1. The molecule has 0 spiro atoms. The van der Waals surface area contributed by atoms with Crippen LogP contribution in [0.15, 0.2) is 10.6 Å². The van der Waals surface area contributed by atoms with Gasteiger partial charge in [0.1, 0.15) is 0 Å². The van der Waals surface area contributed by atoms with Crippen molar-refractivity contribution in [1.82, 2.24) is 14.8 Å². The zero-order chi connectivity index (χ0) is 14.8. The zero-order valence-electron chi connectivity index (χ0n) is 11.1. The number of nitrogens with one attached hydrogen (secondary N) is 1. The van der Waals surface area contributed by atoms with Crippen molar-refractivity contribution in [1.29, 1.82) is 0 Å². The maximum absolute atomic E-state index is 11.4. The molecule has 1 saturated heterocycles. The van der Waals surface area contributed by atoms with Crippen molar-refractivity contribution < 1.29 is 22.8 Å². The first-order valence-corrected chi connectivity index (χ1v) is 8.08. The standard InChI is InChI=1S/C11H17N3O5S/c1-20(17,18)14-4-2-8(3-5-14)12-7-9-6-10(11(15)16)13-19-9/h6,8,12H,2-5,7H2,1H3,(H,15,16).